The first-order valence-corrected chi connectivity index (χ1v) is 6.92. The Labute approximate surface area is 128 Å². The lowest BCUT2D eigenvalue weighted by Crippen LogP contribution is -2.47. The number of hydrogen-bond acceptors (Lipinski definition) is 4. The predicted octanol–water partition coefficient (Wildman–Crippen LogP) is 3.16. The average molecular weight is 299 g/mol. The molecule has 0 bridgehead atoms. The number of hydrogen-bond donors (Lipinski definition) is 0. The van der Waals surface area contributed by atoms with Crippen LogP contribution in [-0.2, 0) is 15.1 Å². The third-order valence-corrected chi connectivity index (χ3v) is 3.61. The Morgan fingerprint density at radius 1 is 1.05 bits per heavy atom. The lowest BCUT2D eigenvalue weighted by molar-refractivity contribution is -0.539. The van der Waals surface area contributed by atoms with Gasteiger partial charge in [0.05, 0.1) is 0 Å². The second-order valence-electron chi connectivity index (χ2n) is 5.02. The van der Waals surface area contributed by atoms with Crippen LogP contribution in [0.2, 0.25) is 0 Å². The van der Waals surface area contributed by atoms with E-state index in [4.69, 9.17) is 4.74 Å². The van der Waals surface area contributed by atoms with Crippen molar-refractivity contribution in [2.75, 3.05) is 0 Å². The smallest absolute Gasteiger partial charge is 0.304 e. The van der Waals surface area contributed by atoms with Gasteiger partial charge in [0, 0.05) is 29.9 Å². The maximum absolute atomic E-state index is 11.7. The number of benzene rings is 2. The zero-order valence-electron chi connectivity index (χ0n) is 12.4. The molecule has 0 aliphatic rings. The van der Waals surface area contributed by atoms with Crippen LogP contribution in [0, 0.1) is 10.1 Å². The Balaban J connectivity index is 2.74. The van der Waals surface area contributed by atoms with Crippen LogP contribution < -0.4 is 0 Å². The van der Waals surface area contributed by atoms with Crippen LogP contribution in [0.4, 0.5) is 0 Å². The highest BCUT2D eigenvalue weighted by atomic mass is 16.6. The molecule has 0 saturated carbocycles. The molecule has 1 unspecified atom stereocenters. The number of carbonyl (C=O) groups excluding carboxylic acids is 1. The highest BCUT2D eigenvalue weighted by Crippen LogP contribution is 2.38. The molecule has 0 aliphatic carbocycles. The van der Waals surface area contributed by atoms with Gasteiger partial charge < -0.3 is 4.74 Å². The summed E-state index contributed by atoms with van der Waals surface area (Å²) in [7, 11) is 0. The standard InChI is InChI=1S/C17H17NO4/c1-13(18(20)21)17(22-14(2)19,15-9-5-3-6-10-15)16-11-7-4-8-12-16/h3-13H,1-2H3. The molecule has 5 nitrogen and oxygen atoms in total. The molecule has 5 heteroatoms. The minimum absolute atomic E-state index is 0.428. The van der Waals surface area contributed by atoms with Crippen LogP contribution in [0.25, 0.3) is 0 Å². The van der Waals surface area contributed by atoms with Crippen LogP contribution in [0.3, 0.4) is 0 Å². The van der Waals surface area contributed by atoms with Gasteiger partial charge >= 0.3 is 5.97 Å². The lowest BCUT2D eigenvalue weighted by Gasteiger charge is -2.34. The molecular weight excluding hydrogens is 282 g/mol. The van der Waals surface area contributed by atoms with Gasteiger partial charge in [-0.3, -0.25) is 14.9 Å². The molecule has 0 amide bonds. The van der Waals surface area contributed by atoms with E-state index in [1.165, 1.54) is 13.8 Å². The fourth-order valence-corrected chi connectivity index (χ4v) is 2.60. The summed E-state index contributed by atoms with van der Waals surface area (Å²) >= 11 is 0. The summed E-state index contributed by atoms with van der Waals surface area (Å²) in [6.45, 7) is 2.70. The van der Waals surface area contributed by atoms with Crippen LogP contribution in [0.15, 0.2) is 60.7 Å². The summed E-state index contributed by atoms with van der Waals surface area (Å²) in [5, 5.41) is 11.5. The van der Waals surface area contributed by atoms with E-state index in [1.807, 2.05) is 12.1 Å². The van der Waals surface area contributed by atoms with Crippen molar-refractivity contribution < 1.29 is 14.5 Å². The number of rotatable bonds is 5. The Bertz CT molecular complexity index is 615. The molecule has 0 heterocycles. The van der Waals surface area contributed by atoms with E-state index in [0.29, 0.717) is 11.1 Å². The molecule has 1 atom stereocenters. The van der Waals surface area contributed by atoms with Crippen LogP contribution in [0.1, 0.15) is 25.0 Å². The van der Waals surface area contributed by atoms with E-state index < -0.39 is 22.5 Å². The highest BCUT2D eigenvalue weighted by molar-refractivity contribution is 5.68. The van der Waals surface area contributed by atoms with Gasteiger partial charge in [-0.1, -0.05) is 60.7 Å². The van der Waals surface area contributed by atoms with Gasteiger partial charge in [0.15, 0.2) is 0 Å². The average Bonchev–Trinajstić information content (AvgIpc) is 2.53. The summed E-state index contributed by atoms with van der Waals surface area (Å²) < 4.78 is 5.55. The van der Waals surface area contributed by atoms with E-state index in [2.05, 4.69) is 0 Å². The van der Waals surface area contributed by atoms with Gasteiger partial charge in [-0.25, -0.2) is 0 Å². The molecule has 0 saturated heterocycles. The maximum atomic E-state index is 11.7. The van der Waals surface area contributed by atoms with Crippen molar-refractivity contribution in [2.45, 2.75) is 25.5 Å². The van der Waals surface area contributed by atoms with Gasteiger partial charge in [-0.05, 0) is 0 Å². The molecule has 2 aromatic rings. The predicted molar refractivity (Wildman–Crippen MR) is 81.9 cm³/mol. The number of ether oxygens (including phenoxy) is 1. The van der Waals surface area contributed by atoms with E-state index in [9.17, 15) is 14.9 Å². The monoisotopic (exact) mass is 299 g/mol. The number of carbonyl (C=O) groups is 1. The largest absolute Gasteiger partial charge is 0.442 e. The van der Waals surface area contributed by atoms with Crippen molar-refractivity contribution in [1.82, 2.24) is 0 Å². The quantitative estimate of drug-likeness (QED) is 0.483. The fraction of sp³-hybridized carbons (Fsp3) is 0.235. The van der Waals surface area contributed by atoms with Crippen molar-refractivity contribution in [1.29, 1.82) is 0 Å². The normalized spacial score (nSPS) is 12.5. The van der Waals surface area contributed by atoms with Crippen LogP contribution in [-0.4, -0.2) is 16.9 Å². The van der Waals surface area contributed by atoms with E-state index in [1.54, 1.807) is 48.5 Å². The Kier molecular flexibility index (Phi) is 4.56. The molecule has 0 N–H and O–H groups in total. The first kappa shape index (κ1) is 15.7. The molecule has 2 rings (SSSR count). The van der Waals surface area contributed by atoms with Gasteiger partial charge in [0.25, 0.3) is 6.04 Å². The topological polar surface area (TPSA) is 69.4 Å². The van der Waals surface area contributed by atoms with Gasteiger partial charge in [0.1, 0.15) is 0 Å². The molecule has 0 radical (unpaired) electrons. The number of nitro groups is 1. The SMILES string of the molecule is CC(=O)OC(c1ccccc1)(c1ccccc1)C(C)[N+](=O)[O-]. The second-order valence-corrected chi connectivity index (χ2v) is 5.02. The van der Waals surface area contributed by atoms with Crippen LogP contribution >= 0.6 is 0 Å². The minimum atomic E-state index is -1.46. The molecular formula is C17H17NO4. The number of esters is 1. The summed E-state index contributed by atoms with van der Waals surface area (Å²) in [4.78, 5) is 22.7. The summed E-state index contributed by atoms with van der Waals surface area (Å²) in [5.74, 6) is -0.568. The third-order valence-electron chi connectivity index (χ3n) is 3.61. The summed E-state index contributed by atoms with van der Waals surface area (Å²) in [6, 6.07) is 16.5. The van der Waals surface area contributed by atoms with Crippen molar-refractivity contribution in [3.05, 3.63) is 81.9 Å². The van der Waals surface area contributed by atoms with Crippen molar-refractivity contribution in [2.24, 2.45) is 0 Å². The fourth-order valence-electron chi connectivity index (χ4n) is 2.60. The second kappa shape index (κ2) is 6.39. The maximum Gasteiger partial charge on any atom is 0.304 e. The molecule has 2 aromatic carbocycles. The van der Waals surface area contributed by atoms with E-state index in [-0.39, 0.29) is 0 Å². The Morgan fingerprint density at radius 2 is 1.45 bits per heavy atom. The lowest BCUT2D eigenvalue weighted by atomic mass is 9.80. The summed E-state index contributed by atoms with van der Waals surface area (Å²) in [6.07, 6.45) is 0. The Morgan fingerprint density at radius 3 is 1.77 bits per heavy atom. The van der Waals surface area contributed by atoms with Gasteiger partial charge in [-0.2, -0.15) is 0 Å². The molecule has 0 spiro atoms. The van der Waals surface area contributed by atoms with Gasteiger partial charge in [-0.15, -0.1) is 0 Å². The summed E-state index contributed by atoms with van der Waals surface area (Å²) in [5.41, 5.74) is -0.320. The van der Waals surface area contributed by atoms with Crippen molar-refractivity contribution in [3.63, 3.8) is 0 Å². The molecule has 0 aliphatic heterocycles. The zero-order valence-corrected chi connectivity index (χ0v) is 12.4. The van der Waals surface area contributed by atoms with Crippen molar-refractivity contribution >= 4 is 5.97 Å². The minimum Gasteiger partial charge on any atom is -0.442 e. The Hall–Kier alpha value is -2.69. The highest BCUT2D eigenvalue weighted by Gasteiger charge is 2.50. The zero-order chi connectivity index (χ0) is 16.2. The number of nitrogens with zero attached hydrogens (tertiary/aromatic N) is 1. The van der Waals surface area contributed by atoms with Gasteiger partial charge in [0.2, 0.25) is 5.60 Å². The molecule has 0 aromatic heterocycles. The first-order chi connectivity index (χ1) is 10.5. The van der Waals surface area contributed by atoms with Crippen molar-refractivity contribution in [3.8, 4) is 0 Å². The van der Waals surface area contributed by atoms with E-state index in [0.717, 1.165) is 0 Å². The molecule has 114 valence electrons. The molecule has 0 fully saturated rings. The van der Waals surface area contributed by atoms with E-state index >= 15 is 0 Å². The molecule has 22 heavy (non-hydrogen) atoms. The first-order valence-electron chi connectivity index (χ1n) is 6.92. The third kappa shape index (κ3) is 2.83. The van der Waals surface area contributed by atoms with Crippen LogP contribution in [0.5, 0.6) is 0 Å².